The van der Waals surface area contributed by atoms with Crippen molar-refractivity contribution in [3.8, 4) is 0 Å². The third-order valence-corrected chi connectivity index (χ3v) is 6.48. The van der Waals surface area contributed by atoms with E-state index >= 15 is 0 Å². The number of nitrogens with zero attached hydrogens (tertiary/aromatic N) is 3. The third kappa shape index (κ3) is 4.78. The normalized spacial score (nSPS) is 19.6. The number of urea groups is 1. The molecule has 0 spiro atoms. The van der Waals surface area contributed by atoms with Gasteiger partial charge in [0, 0.05) is 39.3 Å². The van der Waals surface area contributed by atoms with Crippen LogP contribution in [0.4, 0.5) is 10.5 Å². The van der Waals surface area contributed by atoms with E-state index in [1.165, 1.54) is 51.6 Å². The van der Waals surface area contributed by atoms with E-state index in [1.807, 2.05) is 34.1 Å². The fourth-order valence-electron chi connectivity index (χ4n) is 4.55. The maximum atomic E-state index is 12.8. The Balaban J connectivity index is 1.47. The molecule has 5 heteroatoms. The number of hydrogen-bond donors (Lipinski definition) is 0. The zero-order chi connectivity index (χ0) is 19.3. The largest absolute Gasteiger partial charge is 0.324 e. The molecular weight excluding hydrogens is 358 g/mol. The number of halogens is 1. The molecule has 0 atom stereocenters. The SMILES string of the molecule is CCCCC1(CCCC)CN(CCN2CCN(c3ccccc3Cl)C2=O)C1. The highest BCUT2D eigenvalue weighted by Gasteiger charge is 2.41. The molecule has 27 heavy (non-hydrogen) atoms. The second-order valence-corrected chi connectivity index (χ2v) is 8.70. The van der Waals surface area contributed by atoms with E-state index in [0.29, 0.717) is 10.4 Å². The number of benzene rings is 1. The lowest BCUT2D eigenvalue weighted by Gasteiger charge is -2.51. The molecule has 2 saturated heterocycles. The summed E-state index contributed by atoms with van der Waals surface area (Å²) in [6.07, 6.45) is 7.98. The van der Waals surface area contributed by atoms with Crippen LogP contribution in [0.5, 0.6) is 0 Å². The molecule has 1 aromatic carbocycles. The molecular formula is C22H34ClN3O. The van der Waals surface area contributed by atoms with Gasteiger partial charge in [0.05, 0.1) is 10.7 Å². The minimum Gasteiger partial charge on any atom is -0.321 e. The van der Waals surface area contributed by atoms with Crippen LogP contribution in [-0.2, 0) is 0 Å². The summed E-state index contributed by atoms with van der Waals surface area (Å²) in [5.41, 5.74) is 1.37. The van der Waals surface area contributed by atoms with Gasteiger partial charge < -0.3 is 9.80 Å². The zero-order valence-electron chi connectivity index (χ0n) is 16.9. The number of para-hydroxylation sites is 1. The Morgan fingerprint density at radius 1 is 1.00 bits per heavy atom. The van der Waals surface area contributed by atoms with Gasteiger partial charge in [0.1, 0.15) is 0 Å². The van der Waals surface area contributed by atoms with Crippen molar-refractivity contribution in [2.45, 2.75) is 52.4 Å². The highest BCUT2D eigenvalue weighted by molar-refractivity contribution is 6.33. The molecule has 0 bridgehead atoms. The maximum Gasteiger partial charge on any atom is 0.324 e. The van der Waals surface area contributed by atoms with Gasteiger partial charge in [0.15, 0.2) is 0 Å². The van der Waals surface area contributed by atoms with Crippen molar-refractivity contribution < 1.29 is 4.79 Å². The number of hydrogen-bond acceptors (Lipinski definition) is 2. The second-order valence-electron chi connectivity index (χ2n) is 8.29. The molecule has 2 amide bonds. The van der Waals surface area contributed by atoms with E-state index in [4.69, 9.17) is 11.6 Å². The molecule has 0 saturated carbocycles. The fourth-order valence-corrected chi connectivity index (χ4v) is 4.79. The Morgan fingerprint density at radius 3 is 2.30 bits per heavy atom. The first-order valence-electron chi connectivity index (χ1n) is 10.6. The van der Waals surface area contributed by atoms with Crippen molar-refractivity contribution in [2.24, 2.45) is 5.41 Å². The van der Waals surface area contributed by atoms with Crippen LogP contribution < -0.4 is 4.90 Å². The minimum absolute atomic E-state index is 0.0897. The summed E-state index contributed by atoms with van der Waals surface area (Å²) in [7, 11) is 0. The van der Waals surface area contributed by atoms with E-state index in [2.05, 4.69) is 18.7 Å². The predicted octanol–water partition coefficient (Wildman–Crippen LogP) is 5.26. The molecule has 0 unspecified atom stereocenters. The Hall–Kier alpha value is -1.26. The van der Waals surface area contributed by atoms with E-state index in [1.54, 1.807) is 0 Å². The Kier molecular flexibility index (Phi) is 7.04. The van der Waals surface area contributed by atoms with Crippen LogP contribution in [0.2, 0.25) is 5.02 Å². The molecule has 1 aromatic rings. The topological polar surface area (TPSA) is 26.8 Å². The maximum absolute atomic E-state index is 12.8. The lowest BCUT2D eigenvalue weighted by atomic mass is 9.72. The summed E-state index contributed by atoms with van der Waals surface area (Å²) < 4.78 is 0. The smallest absolute Gasteiger partial charge is 0.321 e. The van der Waals surface area contributed by atoms with Gasteiger partial charge in [-0.1, -0.05) is 63.3 Å². The van der Waals surface area contributed by atoms with Crippen LogP contribution >= 0.6 is 11.6 Å². The number of carbonyl (C=O) groups is 1. The number of amides is 2. The summed E-state index contributed by atoms with van der Waals surface area (Å²) >= 11 is 6.27. The third-order valence-electron chi connectivity index (χ3n) is 6.16. The molecule has 4 nitrogen and oxygen atoms in total. The molecule has 2 aliphatic heterocycles. The highest BCUT2D eigenvalue weighted by Crippen LogP contribution is 2.40. The van der Waals surface area contributed by atoms with Crippen LogP contribution in [0.25, 0.3) is 0 Å². The molecule has 2 aliphatic rings. The van der Waals surface area contributed by atoms with Gasteiger partial charge in [-0.2, -0.15) is 0 Å². The molecule has 0 radical (unpaired) electrons. The van der Waals surface area contributed by atoms with Gasteiger partial charge in [-0.25, -0.2) is 4.79 Å². The van der Waals surface area contributed by atoms with Gasteiger partial charge in [0.25, 0.3) is 0 Å². The zero-order valence-corrected chi connectivity index (χ0v) is 17.7. The monoisotopic (exact) mass is 391 g/mol. The Morgan fingerprint density at radius 2 is 1.67 bits per heavy atom. The number of likely N-dealkylation sites (tertiary alicyclic amines) is 1. The average Bonchev–Trinajstić information content (AvgIpc) is 3.00. The lowest BCUT2D eigenvalue weighted by Crippen LogP contribution is -2.57. The van der Waals surface area contributed by atoms with E-state index < -0.39 is 0 Å². The van der Waals surface area contributed by atoms with Crippen molar-refractivity contribution in [3.05, 3.63) is 29.3 Å². The number of carbonyl (C=O) groups excluding carboxylic acids is 1. The van der Waals surface area contributed by atoms with Gasteiger partial charge in [-0.05, 0) is 30.4 Å². The summed E-state index contributed by atoms with van der Waals surface area (Å²) in [5.74, 6) is 0. The average molecular weight is 392 g/mol. The summed E-state index contributed by atoms with van der Waals surface area (Å²) in [6.45, 7) is 10.3. The van der Waals surface area contributed by atoms with Gasteiger partial charge in [0.2, 0.25) is 0 Å². The van der Waals surface area contributed by atoms with Crippen LogP contribution in [0.1, 0.15) is 52.4 Å². The molecule has 0 aliphatic carbocycles. The highest BCUT2D eigenvalue weighted by atomic mass is 35.5. The van der Waals surface area contributed by atoms with Gasteiger partial charge in [-0.15, -0.1) is 0 Å². The molecule has 0 aromatic heterocycles. The first kappa shape index (κ1) is 20.5. The van der Waals surface area contributed by atoms with Gasteiger partial charge >= 0.3 is 6.03 Å². The van der Waals surface area contributed by atoms with Crippen LogP contribution in [-0.4, -0.2) is 55.1 Å². The van der Waals surface area contributed by atoms with Crippen LogP contribution in [0, 0.1) is 5.41 Å². The van der Waals surface area contributed by atoms with E-state index in [9.17, 15) is 4.79 Å². The fraction of sp³-hybridized carbons (Fsp3) is 0.682. The summed E-state index contributed by atoms with van der Waals surface area (Å²) in [4.78, 5) is 19.1. The van der Waals surface area contributed by atoms with Crippen LogP contribution in [0.15, 0.2) is 24.3 Å². The minimum atomic E-state index is 0.0897. The second kappa shape index (κ2) is 9.29. The quantitative estimate of drug-likeness (QED) is 0.543. The summed E-state index contributed by atoms with van der Waals surface area (Å²) in [5, 5.41) is 0.645. The lowest BCUT2D eigenvalue weighted by molar-refractivity contribution is -0.0186. The van der Waals surface area contributed by atoms with E-state index in [0.717, 1.165) is 31.9 Å². The van der Waals surface area contributed by atoms with Crippen molar-refractivity contribution >= 4 is 23.3 Å². The van der Waals surface area contributed by atoms with Crippen molar-refractivity contribution in [2.75, 3.05) is 44.2 Å². The number of anilines is 1. The van der Waals surface area contributed by atoms with Crippen molar-refractivity contribution in [3.63, 3.8) is 0 Å². The van der Waals surface area contributed by atoms with Crippen molar-refractivity contribution in [1.82, 2.24) is 9.80 Å². The standard InChI is InChI=1S/C22H34ClN3O/c1-3-5-11-22(12-6-4-2)17-24(18-22)13-14-25-15-16-26(21(25)27)20-10-8-7-9-19(20)23/h7-10H,3-6,11-18H2,1-2H3. The number of rotatable bonds is 10. The Bertz CT molecular complexity index is 620. The molecule has 2 heterocycles. The molecule has 0 N–H and O–H groups in total. The van der Waals surface area contributed by atoms with Crippen LogP contribution in [0.3, 0.4) is 0 Å². The molecule has 150 valence electrons. The number of unbranched alkanes of at least 4 members (excludes halogenated alkanes) is 2. The molecule has 2 fully saturated rings. The van der Waals surface area contributed by atoms with Crippen molar-refractivity contribution in [1.29, 1.82) is 0 Å². The van der Waals surface area contributed by atoms with Gasteiger partial charge in [-0.3, -0.25) is 4.90 Å². The molecule has 3 rings (SSSR count). The predicted molar refractivity (Wildman–Crippen MR) is 114 cm³/mol. The first-order chi connectivity index (χ1) is 13.1. The Labute approximate surface area is 169 Å². The van der Waals surface area contributed by atoms with E-state index in [-0.39, 0.29) is 6.03 Å². The first-order valence-corrected chi connectivity index (χ1v) is 11.0. The summed E-state index contributed by atoms with van der Waals surface area (Å²) in [6, 6.07) is 7.70.